The second kappa shape index (κ2) is 3.29. The molecule has 2 N–H and O–H groups in total. The number of hydrogen-bond acceptors (Lipinski definition) is 3. The van der Waals surface area contributed by atoms with Crippen LogP contribution in [-0.4, -0.2) is 24.1 Å². The Morgan fingerprint density at radius 1 is 1.58 bits per heavy atom. The van der Waals surface area contributed by atoms with Gasteiger partial charge in [0.2, 0.25) is 0 Å². The van der Waals surface area contributed by atoms with Gasteiger partial charge < -0.3 is 10.6 Å². The molecule has 1 aromatic heterocycles. The third kappa shape index (κ3) is 1.68. The maximum absolute atomic E-state index is 5.72. The standard InChI is InChI=1S/C8H10ClN3/c9-8-3-6(1-2-11-8)12-7-4-10-5-7/h1-3,7,10H,4-5H2,(H,11,12). The molecule has 3 nitrogen and oxygen atoms in total. The van der Waals surface area contributed by atoms with Crippen LogP contribution in [0.2, 0.25) is 5.15 Å². The molecule has 2 rings (SSSR count). The maximum atomic E-state index is 5.72. The van der Waals surface area contributed by atoms with Crippen LogP contribution in [0.3, 0.4) is 0 Å². The number of nitrogens with one attached hydrogen (secondary N) is 2. The van der Waals surface area contributed by atoms with Gasteiger partial charge in [0.05, 0.1) is 6.04 Å². The van der Waals surface area contributed by atoms with Crippen molar-refractivity contribution in [2.75, 3.05) is 18.4 Å². The Labute approximate surface area is 76.1 Å². The highest BCUT2D eigenvalue weighted by Gasteiger charge is 2.15. The van der Waals surface area contributed by atoms with Crippen LogP contribution in [0, 0.1) is 0 Å². The first-order valence-electron chi connectivity index (χ1n) is 3.93. The van der Waals surface area contributed by atoms with E-state index < -0.39 is 0 Å². The molecule has 1 aliphatic rings. The third-order valence-corrected chi connectivity index (χ3v) is 2.09. The molecule has 0 spiro atoms. The summed E-state index contributed by atoms with van der Waals surface area (Å²) in [5.41, 5.74) is 1.04. The summed E-state index contributed by atoms with van der Waals surface area (Å²) in [6.45, 7) is 2.06. The molecule has 64 valence electrons. The zero-order valence-electron chi connectivity index (χ0n) is 6.55. The Balaban J connectivity index is 2.02. The Bertz CT molecular complexity index is 273. The molecule has 0 radical (unpaired) electrons. The summed E-state index contributed by atoms with van der Waals surface area (Å²) >= 11 is 5.72. The van der Waals surface area contributed by atoms with Gasteiger partial charge in [0.1, 0.15) is 5.15 Å². The van der Waals surface area contributed by atoms with E-state index in [0.717, 1.165) is 18.8 Å². The lowest BCUT2D eigenvalue weighted by Gasteiger charge is -2.28. The van der Waals surface area contributed by atoms with Crippen LogP contribution in [-0.2, 0) is 0 Å². The van der Waals surface area contributed by atoms with Crippen molar-refractivity contribution < 1.29 is 0 Å². The molecule has 1 aliphatic heterocycles. The Morgan fingerprint density at radius 3 is 3.00 bits per heavy atom. The summed E-state index contributed by atoms with van der Waals surface area (Å²) in [6, 6.07) is 4.30. The van der Waals surface area contributed by atoms with Gasteiger partial charge in [-0.3, -0.25) is 0 Å². The van der Waals surface area contributed by atoms with Crippen LogP contribution in [0.25, 0.3) is 0 Å². The molecule has 12 heavy (non-hydrogen) atoms. The minimum Gasteiger partial charge on any atom is -0.380 e. The molecule has 4 heteroatoms. The van der Waals surface area contributed by atoms with E-state index in [9.17, 15) is 0 Å². The van der Waals surface area contributed by atoms with Crippen molar-refractivity contribution in [1.82, 2.24) is 10.3 Å². The Kier molecular flexibility index (Phi) is 2.15. The van der Waals surface area contributed by atoms with E-state index in [2.05, 4.69) is 15.6 Å². The van der Waals surface area contributed by atoms with Crippen LogP contribution >= 0.6 is 11.6 Å². The second-order valence-electron chi connectivity index (χ2n) is 2.87. The lowest BCUT2D eigenvalue weighted by molar-refractivity contribution is 0.472. The van der Waals surface area contributed by atoms with Crippen molar-refractivity contribution in [3.05, 3.63) is 23.5 Å². The van der Waals surface area contributed by atoms with Crippen molar-refractivity contribution >= 4 is 17.3 Å². The number of rotatable bonds is 2. The maximum Gasteiger partial charge on any atom is 0.131 e. The fourth-order valence-corrected chi connectivity index (χ4v) is 1.29. The van der Waals surface area contributed by atoms with Gasteiger partial charge in [-0.05, 0) is 12.1 Å². The molecule has 0 bridgehead atoms. The summed E-state index contributed by atoms with van der Waals surface area (Å²) in [5, 5.41) is 7.05. The number of pyridine rings is 1. The molecule has 2 heterocycles. The highest BCUT2D eigenvalue weighted by molar-refractivity contribution is 6.29. The van der Waals surface area contributed by atoms with E-state index >= 15 is 0 Å². The summed E-state index contributed by atoms with van der Waals surface area (Å²) in [7, 11) is 0. The molecule has 1 fully saturated rings. The number of halogens is 1. The lowest BCUT2D eigenvalue weighted by atomic mass is 10.2. The Morgan fingerprint density at radius 2 is 2.42 bits per heavy atom. The van der Waals surface area contributed by atoms with Gasteiger partial charge in [-0.2, -0.15) is 0 Å². The van der Waals surface area contributed by atoms with Crippen LogP contribution in [0.1, 0.15) is 0 Å². The van der Waals surface area contributed by atoms with Crippen molar-refractivity contribution in [3.63, 3.8) is 0 Å². The predicted octanol–water partition coefficient (Wildman–Crippen LogP) is 1.12. The van der Waals surface area contributed by atoms with Gasteiger partial charge in [-0.15, -0.1) is 0 Å². The predicted molar refractivity (Wildman–Crippen MR) is 49.5 cm³/mol. The molecule has 0 aromatic carbocycles. The van der Waals surface area contributed by atoms with Gasteiger partial charge in [-0.25, -0.2) is 4.98 Å². The number of anilines is 1. The first-order valence-corrected chi connectivity index (χ1v) is 4.31. The molecule has 0 atom stereocenters. The fraction of sp³-hybridized carbons (Fsp3) is 0.375. The van der Waals surface area contributed by atoms with Gasteiger partial charge in [-0.1, -0.05) is 11.6 Å². The van der Waals surface area contributed by atoms with Crippen molar-refractivity contribution in [2.45, 2.75) is 6.04 Å². The van der Waals surface area contributed by atoms with Crippen molar-refractivity contribution in [1.29, 1.82) is 0 Å². The van der Waals surface area contributed by atoms with Crippen LogP contribution in [0.4, 0.5) is 5.69 Å². The van der Waals surface area contributed by atoms with E-state index in [4.69, 9.17) is 11.6 Å². The first-order chi connectivity index (χ1) is 5.84. The average Bonchev–Trinajstić information content (AvgIpc) is 1.97. The summed E-state index contributed by atoms with van der Waals surface area (Å²) in [6.07, 6.45) is 1.71. The second-order valence-corrected chi connectivity index (χ2v) is 3.25. The topological polar surface area (TPSA) is 37.0 Å². The largest absolute Gasteiger partial charge is 0.380 e. The van der Waals surface area contributed by atoms with E-state index in [1.807, 2.05) is 12.1 Å². The van der Waals surface area contributed by atoms with Crippen molar-refractivity contribution in [3.8, 4) is 0 Å². The van der Waals surface area contributed by atoms with E-state index in [-0.39, 0.29) is 0 Å². The normalized spacial score (nSPS) is 17.1. The molecule has 0 amide bonds. The van der Waals surface area contributed by atoms with E-state index in [0.29, 0.717) is 11.2 Å². The Hall–Kier alpha value is -0.800. The van der Waals surface area contributed by atoms with Crippen molar-refractivity contribution in [2.24, 2.45) is 0 Å². The minimum absolute atomic E-state index is 0.535. The average molecular weight is 184 g/mol. The molecular weight excluding hydrogens is 174 g/mol. The summed E-state index contributed by atoms with van der Waals surface area (Å²) in [4.78, 5) is 3.90. The molecule has 1 aromatic rings. The molecule has 0 saturated carbocycles. The smallest absolute Gasteiger partial charge is 0.131 e. The van der Waals surface area contributed by atoms with Crippen LogP contribution in [0.5, 0.6) is 0 Å². The van der Waals surface area contributed by atoms with Gasteiger partial charge in [0.25, 0.3) is 0 Å². The zero-order chi connectivity index (χ0) is 8.39. The minimum atomic E-state index is 0.535. The third-order valence-electron chi connectivity index (χ3n) is 1.88. The quantitative estimate of drug-likeness (QED) is 0.675. The van der Waals surface area contributed by atoms with Crippen LogP contribution in [0.15, 0.2) is 18.3 Å². The summed E-state index contributed by atoms with van der Waals surface area (Å²) in [5.74, 6) is 0. The van der Waals surface area contributed by atoms with E-state index in [1.165, 1.54) is 0 Å². The first kappa shape index (κ1) is 7.83. The van der Waals surface area contributed by atoms with Gasteiger partial charge in [0, 0.05) is 25.0 Å². The number of nitrogens with zero attached hydrogens (tertiary/aromatic N) is 1. The van der Waals surface area contributed by atoms with Gasteiger partial charge >= 0.3 is 0 Å². The van der Waals surface area contributed by atoms with Crippen LogP contribution < -0.4 is 10.6 Å². The molecule has 0 aliphatic carbocycles. The lowest BCUT2D eigenvalue weighted by Crippen LogP contribution is -2.51. The SMILES string of the molecule is Clc1cc(NC2CNC2)ccn1. The number of hydrogen-bond donors (Lipinski definition) is 2. The monoisotopic (exact) mass is 183 g/mol. The number of aromatic nitrogens is 1. The molecular formula is C8H10ClN3. The zero-order valence-corrected chi connectivity index (χ0v) is 7.30. The highest BCUT2D eigenvalue weighted by atomic mass is 35.5. The summed E-state index contributed by atoms with van der Waals surface area (Å²) < 4.78 is 0. The molecule has 1 saturated heterocycles. The highest BCUT2D eigenvalue weighted by Crippen LogP contribution is 2.13. The fourth-order valence-electron chi connectivity index (χ4n) is 1.12. The van der Waals surface area contributed by atoms with Gasteiger partial charge in [0.15, 0.2) is 0 Å². The van der Waals surface area contributed by atoms with E-state index in [1.54, 1.807) is 6.20 Å². The molecule has 0 unspecified atom stereocenters.